The second kappa shape index (κ2) is 11.3. The van der Waals surface area contributed by atoms with Crippen LogP contribution in [0.3, 0.4) is 0 Å². The SMILES string of the molecule is c1ccc(-c2nc3c4ccccc4c4cc(-c5ccc(-c6cccc7c6oc6ccccc67)c6ccccc56)ccc4n3c2-c2ccccc2)cc1. The molecule has 242 valence electrons. The number of nitrogens with zero attached hydrogens (tertiary/aromatic N) is 2. The first-order chi connectivity index (χ1) is 25.8. The number of aromatic nitrogens is 2. The predicted molar refractivity (Wildman–Crippen MR) is 217 cm³/mol. The quantitative estimate of drug-likeness (QED) is 0.176. The molecule has 3 heterocycles. The third-order valence-corrected chi connectivity index (χ3v) is 10.6. The van der Waals surface area contributed by atoms with E-state index in [1.54, 1.807) is 0 Å². The largest absolute Gasteiger partial charge is 0.455 e. The molecule has 0 unspecified atom stereocenters. The molecule has 8 aromatic carbocycles. The van der Waals surface area contributed by atoms with Crippen molar-refractivity contribution in [2.24, 2.45) is 0 Å². The maximum Gasteiger partial charge on any atom is 0.146 e. The topological polar surface area (TPSA) is 30.4 Å². The van der Waals surface area contributed by atoms with E-state index in [1.807, 2.05) is 12.1 Å². The van der Waals surface area contributed by atoms with Gasteiger partial charge in [-0.1, -0.05) is 164 Å². The van der Waals surface area contributed by atoms with Crippen molar-refractivity contribution in [1.82, 2.24) is 9.38 Å². The van der Waals surface area contributed by atoms with E-state index in [-0.39, 0.29) is 0 Å². The highest BCUT2D eigenvalue weighted by Gasteiger charge is 2.21. The van der Waals surface area contributed by atoms with Gasteiger partial charge in [0, 0.05) is 38.2 Å². The molecule has 3 aromatic heterocycles. The molecule has 0 bridgehead atoms. The summed E-state index contributed by atoms with van der Waals surface area (Å²) in [6.45, 7) is 0. The fraction of sp³-hybridized carbons (Fsp3) is 0. The zero-order chi connectivity index (χ0) is 34.2. The van der Waals surface area contributed by atoms with Gasteiger partial charge in [0.2, 0.25) is 0 Å². The summed E-state index contributed by atoms with van der Waals surface area (Å²) in [7, 11) is 0. The Morgan fingerprint density at radius 2 is 1.00 bits per heavy atom. The van der Waals surface area contributed by atoms with E-state index in [0.29, 0.717) is 0 Å². The van der Waals surface area contributed by atoms with E-state index in [1.165, 1.54) is 32.7 Å². The van der Waals surface area contributed by atoms with Gasteiger partial charge in [-0.15, -0.1) is 0 Å². The molecule has 0 fully saturated rings. The van der Waals surface area contributed by atoms with Crippen LogP contribution in [-0.4, -0.2) is 9.38 Å². The summed E-state index contributed by atoms with van der Waals surface area (Å²) in [5.41, 5.74) is 12.9. The van der Waals surface area contributed by atoms with Gasteiger partial charge in [0.05, 0.1) is 16.9 Å². The van der Waals surface area contributed by atoms with Gasteiger partial charge in [0.15, 0.2) is 0 Å². The Morgan fingerprint density at radius 3 is 1.79 bits per heavy atom. The second-order valence-corrected chi connectivity index (χ2v) is 13.5. The van der Waals surface area contributed by atoms with Crippen LogP contribution in [0.25, 0.3) is 105 Å². The number of hydrogen-bond acceptors (Lipinski definition) is 2. The van der Waals surface area contributed by atoms with Gasteiger partial charge in [-0.05, 0) is 51.0 Å². The van der Waals surface area contributed by atoms with Crippen molar-refractivity contribution in [1.29, 1.82) is 0 Å². The molecule has 0 N–H and O–H groups in total. The van der Waals surface area contributed by atoms with Gasteiger partial charge in [0.1, 0.15) is 16.8 Å². The number of furan rings is 1. The first kappa shape index (κ1) is 28.8. The Labute approximate surface area is 299 Å². The van der Waals surface area contributed by atoms with Crippen LogP contribution in [0.5, 0.6) is 0 Å². The van der Waals surface area contributed by atoms with Gasteiger partial charge in [-0.25, -0.2) is 4.98 Å². The molecular formula is C49H30N2O. The normalized spacial score (nSPS) is 11.8. The molecule has 3 heteroatoms. The lowest BCUT2D eigenvalue weighted by atomic mass is 9.90. The van der Waals surface area contributed by atoms with Crippen molar-refractivity contribution in [3.05, 3.63) is 182 Å². The summed E-state index contributed by atoms with van der Waals surface area (Å²) >= 11 is 0. The fourth-order valence-electron chi connectivity index (χ4n) is 8.27. The van der Waals surface area contributed by atoms with Crippen LogP contribution in [0.1, 0.15) is 0 Å². The van der Waals surface area contributed by atoms with Crippen molar-refractivity contribution < 1.29 is 4.42 Å². The molecule has 11 rings (SSSR count). The lowest BCUT2D eigenvalue weighted by molar-refractivity contribution is 0.670. The van der Waals surface area contributed by atoms with Gasteiger partial charge < -0.3 is 4.42 Å². The second-order valence-electron chi connectivity index (χ2n) is 13.5. The Balaban J connectivity index is 1.17. The van der Waals surface area contributed by atoms with Crippen molar-refractivity contribution in [2.75, 3.05) is 0 Å². The Hall–Kier alpha value is -6.97. The monoisotopic (exact) mass is 662 g/mol. The number of hydrogen-bond donors (Lipinski definition) is 0. The van der Waals surface area contributed by atoms with E-state index in [4.69, 9.17) is 9.40 Å². The average molecular weight is 663 g/mol. The number of rotatable bonds is 4. The molecule has 52 heavy (non-hydrogen) atoms. The Morgan fingerprint density at radius 1 is 0.385 bits per heavy atom. The fourth-order valence-corrected chi connectivity index (χ4v) is 8.27. The maximum absolute atomic E-state index is 6.49. The van der Waals surface area contributed by atoms with E-state index in [0.717, 1.165) is 72.1 Å². The molecule has 0 radical (unpaired) electrons. The Bertz CT molecular complexity index is 3170. The summed E-state index contributed by atoms with van der Waals surface area (Å²) in [5.74, 6) is 0. The molecule has 11 aromatic rings. The third kappa shape index (κ3) is 4.23. The minimum atomic E-state index is 0.910. The van der Waals surface area contributed by atoms with Gasteiger partial charge in [0.25, 0.3) is 0 Å². The van der Waals surface area contributed by atoms with Crippen LogP contribution >= 0.6 is 0 Å². The highest BCUT2D eigenvalue weighted by molar-refractivity contribution is 6.16. The van der Waals surface area contributed by atoms with Crippen LogP contribution in [0, 0.1) is 0 Å². The average Bonchev–Trinajstić information content (AvgIpc) is 3.81. The zero-order valence-corrected chi connectivity index (χ0v) is 28.1. The molecule has 3 nitrogen and oxygen atoms in total. The number of benzene rings is 8. The van der Waals surface area contributed by atoms with Crippen molar-refractivity contribution in [3.63, 3.8) is 0 Å². The van der Waals surface area contributed by atoms with E-state index < -0.39 is 0 Å². The molecular weight excluding hydrogens is 633 g/mol. The molecule has 0 aliphatic carbocycles. The number of imidazole rings is 1. The van der Waals surface area contributed by atoms with Crippen LogP contribution in [0.4, 0.5) is 0 Å². The van der Waals surface area contributed by atoms with E-state index in [2.05, 4.69) is 174 Å². The lowest BCUT2D eigenvalue weighted by Crippen LogP contribution is -1.95. The van der Waals surface area contributed by atoms with Crippen LogP contribution in [0.15, 0.2) is 186 Å². The summed E-state index contributed by atoms with van der Waals surface area (Å²) in [5, 5.41) is 8.19. The number of fused-ring (bicyclic) bond motifs is 10. The molecule has 0 amide bonds. The van der Waals surface area contributed by atoms with E-state index >= 15 is 0 Å². The molecule has 0 aliphatic heterocycles. The minimum absolute atomic E-state index is 0.910. The van der Waals surface area contributed by atoms with Crippen LogP contribution in [0.2, 0.25) is 0 Å². The third-order valence-electron chi connectivity index (χ3n) is 10.6. The summed E-state index contributed by atoms with van der Waals surface area (Å²) < 4.78 is 8.86. The summed E-state index contributed by atoms with van der Waals surface area (Å²) in [4.78, 5) is 5.39. The van der Waals surface area contributed by atoms with Crippen LogP contribution in [-0.2, 0) is 0 Å². The Kier molecular flexibility index (Phi) is 6.25. The first-order valence-electron chi connectivity index (χ1n) is 17.7. The molecule has 0 atom stereocenters. The van der Waals surface area contributed by atoms with Crippen molar-refractivity contribution in [2.45, 2.75) is 0 Å². The highest BCUT2D eigenvalue weighted by Crippen LogP contribution is 2.43. The molecule has 0 aliphatic rings. The summed E-state index contributed by atoms with van der Waals surface area (Å²) in [6, 6.07) is 64.9. The van der Waals surface area contributed by atoms with Gasteiger partial charge >= 0.3 is 0 Å². The molecule has 0 saturated heterocycles. The highest BCUT2D eigenvalue weighted by atomic mass is 16.3. The minimum Gasteiger partial charge on any atom is -0.455 e. The lowest BCUT2D eigenvalue weighted by Gasteiger charge is -2.15. The van der Waals surface area contributed by atoms with Crippen molar-refractivity contribution >= 4 is 60.0 Å². The number of pyridine rings is 1. The number of para-hydroxylation sites is 2. The molecule has 0 saturated carbocycles. The standard InChI is InChI=1S/C49H30N2O/c1-3-14-31(15-4-1)46-47(32-16-5-2-6-17-32)51-44-29-26-33(30-43(44)37-20-9-10-22-42(37)49(51)50-46)34-27-28-38(36-19-8-7-18-35(34)36)40-23-13-24-41-39-21-11-12-25-45(39)52-48(40)41/h1-30H. The maximum atomic E-state index is 6.49. The van der Waals surface area contributed by atoms with Gasteiger partial charge in [-0.2, -0.15) is 0 Å². The first-order valence-corrected chi connectivity index (χ1v) is 17.7. The summed E-state index contributed by atoms with van der Waals surface area (Å²) in [6.07, 6.45) is 0. The van der Waals surface area contributed by atoms with Crippen LogP contribution < -0.4 is 0 Å². The zero-order valence-electron chi connectivity index (χ0n) is 28.1. The van der Waals surface area contributed by atoms with Crippen molar-refractivity contribution in [3.8, 4) is 44.8 Å². The van der Waals surface area contributed by atoms with Gasteiger partial charge in [-0.3, -0.25) is 4.40 Å². The predicted octanol–water partition coefficient (Wildman–Crippen LogP) is 13.4. The smallest absolute Gasteiger partial charge is 0.146 e. The van der Waals surface area contributed by atoms with E-state index in [9.17, 15) is 0 Å². The molecule has 0 spiro atoms.